The van der Waals surface area contributed by atoms with Crippen molar-refractivity contribution in [2.45, 2.75) is 38.3 Å². The first-order valence-corrected chi connectivity index (χ1v) is 12.0. The lowest BCUT2D eigenvalue weighted by Gasteiger charge is -2.28. The number of sulfone groups is 1. The summed E-state index contributed by atoms with van der Waals surface area (Å²) in [5.41, 5.74) is -0.338. The van der Waals surface area contributed by atoms with Crippen LogP contribution in [-0.2, 0) is 19.4 Å². The molecule has 2 aliphatic rings. The smallest absolute Gasteiger partial charge is 0.344 e. The molecule has 4 rings (SSSR count). The predicted molar refractivity (Wildman–Crippen MR) is 109 cm³/mol. The zero-order valence-corrected chi connectivity index (χ0v) is 18.2. The third-order valence-corrected chi connectivity index (χ3v) is 7.49. The molecule has 1 aromatic carbocycles. The topological polar surface area (TPSA) is 107 Å². The van der Waals surface area contributed by atoms with Crippen molar-refractivity contribution in [3.8, 4) is 11.3 Å². The van der Waals surface area contributed by atoms with Gasteiger partial charge in [0.05, 0.1) is 22.1 Å². The molecule has 2 aromatic rings. The summed E-state index contributed by atoms with van der Waals surface area (Å²) in [5.74, 6) is -2.00. The summed E-state index contributed by atoms with van der Waals surface area (Å²) in [6.45, 7) is 0.893. The van der Waals surface area contributed by atoms with Crippen LogP contribution in [0.4, 0.5) is 4.39 Å². The van der Waals surface area contributed by atoms with Gasteiger partial charge in [-0.3, -0.25) is 4.79 Å². The Morgan fingerprint density at radius 1 is 1.29 bits per heavy atom. The van der Waals surface area contributed by atoms with Gasteiger partial charge in [0.1, 0.15) is 22.8 Å². The van der Waals surface area contributed by atoms with Gasteiger partial charge in [0.25, 0.3) is 5.91 Å². The van der Waals surface area contributed by atoms with Crippen molar-refractivity contribution in [3.05, 3.63) is 40.4 Å². The standard InChI is InChI=1S/C20H20ClFN2O6S/c1-11-17(19(23-30-11)18-14(21)3-2-4-15(18)22)20(26)29-9-16(25)24(12-5-6-12)13-7-8-31(27,28)10-13/h2-4,12-13H,5-10H2,1H3/t13-/m0/s1. The predicted octanol–water partition coefficient (Wildman–Crippen LogP) is 2.78. The van der Waals surface area contributed by atoms with Crippen molar-refractivity contribution < 1.29 is 31.7 Å². The molecule has 1 atom stereocenters. The molecule has 2 fully saturated rings. The molecular formula is C20H20ClFN2O6S. The van der Waals surface area contributed by atoms with Crippen LogP contribution in [0.25, 0.3) is 11.3 Å². The summed E-state index contributed by atoms with van der Waals surface area (Å²) in [6.07, 6.45) is 1.95. The van der Waals surface area contributed by atoms with Crippen LogP contribution in [0.15, 0.2) is 22.7 Å². The molecule has 1 aliphatic carbocycles. The van der Waals surface area contributed by atoms with Crippen molar-refractivity contribution in [3.63, 3.8) is 0 Å². The SMILES string of the molecule is Cc1onc(-c2c(F)cccc2Cl)c1C(=O)OCC(=O)N(C1CC1)[C@H]1CCS(=O)(=O)C1. The second-order valence-corrected chi connectivity index (χ2v) is 10.4. The third-order valence-electron chi connectivity index (χ3n) is 5.42. The number of benzene rings is 1. The minimum Gasteiger partial charge on any atom is -0.452 e. The van der Waals surface area contributed by atoms with Crippen LogP contribution in [0.2, 0.25) is 5.02 Å². The van der Waals surface area contributed by atoms with Crippen molar-refractivity contribution in [1.29, 1.82) is 0 Å². The molecule has 0 N–H and O–H groups in total. The molecule has 31 heavy (non-hydrogen) atoms. The van der Waals surface area contributed by atoms with E-state index in [-0.39, 0.29) is 45.2 Å². The zero-order chi connectivity index (χ0) is 22.3. The number of amides is 1. The van der Waals surface area contributed by atoms with E-state index in [1.807, 2.05) is 0 Å². The molecule has 166 valence electrons. The molecule has 1 aromatic heterocycles. The number of esters is 1. The Balaban J connectivity index is 1.51. The average molecular weight is 471 g/mol. The van der Waals surface area contributed by atoms with Crippen LogP contribution in [-0.4, -0.2) is 60.5 Å². The molecule has 1 amide bonds. The maximum Gasteiger partial charge on any atom is 0.344 e. The van der Waals surface area contributed by atoms with Crippen LogP contribution >= 0.6 is 11.6 Å². The Labute approximate surface area is 183 Å². The first-order chi connectivity index (χ1) is 14.7. The van der Waals surface area contributed by atoms with Gasteiger partial charge in [-0.05, 0) is 38.3 Å². The molecule has 1 saturated heterocycles. The van der Waals surface area contributed by atoms with Gasteiger partial charge >= 0.3 is 5.97 Å². The van der Waals surface area contributed by atoms with Gasteiger partial charge in [-0.15, -0.1) is 0 Å². The van der Waals surface area contributed by atoms with Crippen molar-refractivity contribution in [1.82, 2.24) is 10.1 Å². The highest BCUT2D eigenvalue weighted by atomic mass is 35.5. The summed E-state index contributed by atoms with van der Waals surface area (Å²) in [4.78, 5) is 27.0. The van der Waals surface area contributed by atoms with Gasteiger partial charge in [-0.2, -0.15) is 0 Å². The molecule has 0 bridgehead atoms. The highest BCUT2D eigenvalue weighted by molar-refractivity contribution is 7.91. The van der Waals surface area contributed by atoms with E-state index in [0.717, 1.165) is 12.8 Å². The zero-order valence-electron chi connectivity index (χ0n) is 16.6. The maximum absolute atomic E-state index is 14.3. The highest BCUT2D eigenvalue weighted by Crippen LogP contribution is 2.34. The average Bonchev–Trinajstić information content (AvgIpc) is 3.36. The normalized spacial score (nSPS) is 19.9. The maximum atomic E-state index is 14.3. The van der Waals surface area contributed by atoms with Gasteiger partial charge in [-0.25, -0.2) is 17.6 Å². The van der Waals surface area contributed by atoms with Gasteiger partial charge < -0.3 is 14.2 Å². The highest BCUT2D eigenvalue weighted by Gasteiger charge is 2.42. The second kappa shape index (κ2) is 8.23. The van der Waals surface area contributed by atoms with E-state index >= 15 is 0 Å². The summed E-state index contributed by atoms with van der Waals surface area (Å²) in [6, 6.07) is 3.60. The van der Waals surface area contributed by atoms with Crippen LogP contribution < -0.4 is 0 Å². The summed E-state index contributed by atoms with van der Waals surface area (Å²) in [5, 5.41) is 3.79. The van der Waals surface area contributed by atoms with E-state index in [0.29, 0.717) is 6.42 Å². The Morgan fingerprint density at radius 2 is 2.03 bits per heavy atom. The summed E-state index contributed by atoms with van der Waals surface area (Å²) >= 11 is 6.07. The number of hydrogen-bond donors (Lipinski definition) is 0. The Bertz CT molecular complexity index is 1120. The quantitative estimate of drug-likeness (QED) is 0.597. The Morgan fingerprint density at radius 3 is 2.65 bits per heavy atom. The second-order valence-electron chi connectivity index (χ2n) is 7.72. The molecule has 0 radical (unpaired) electrons. The van der Waals surface area contributed by atoms with Crippen LogP contribution in [0.1, 0.15) is 35.4 Å². The molecule has 1 aliphatic heterocycles. The van der Waals surface area contributed by atoms with Crippen LogP contribution in [0, 0.1) is 12.7 Å². The van der Waals surface area contributed by atoms with E-state index in [4.69, 9.17) is 20.9 Å². The molecule has 1 saturated carbocycles. The van der Waals surface area contributed by atoms with E-state index in [1.54, 1.807) is 0 Å². The molecule has 2 heterocycles. The largest absolute Gasteiger partial charge is 0.452 e. The van der Waals surface area contributed by atoms with E-state index in [9.17, 15) is 22.4 Å². The first kappa shape index (κ1) is 21.8. The number of nitrogens with zero attached hydrogens (tertiary/aromatic N) is 2. The van der Waals surface area contributed by atoms with Crippen molar-refractivity contribution >= 4 is 33.3 Å². The van der Waals surface area contributed by atoms with E-state index in [2.05, 4.69) is 5.16 Å². The molecule has 0 spiro atoms. The Hall–Kier alpha value is -2.46. The fraction of sp³-hybridized carbons (Fsp3) is 0.450. The fourth-order valence-corrected chi connectivity index (χ4v) is 5.80. The van der Waals surface area contributed by atoms with Crippen molar-refractivity contribution in [2.24, 2.45) is 0 Å². The summed E-state index contributed by atoms with van der Waals surface area (Å²) < 4.78 is 48.2. The first-order valence-electron chi connectivity index (χ1n) is 9.77. The lowest BCUT2D eigenvalue weighted by molar-refractivity contribution is -0.137. The van der Waals surface area contributed by atoms with Gasteiger partial charge in [0, 0.05) is 12.1 Å². The molecule has 11 heteroatoms. The monoisotopic (exact) mass is 470 g/mol. The molecule has 0 unspecified atom stereocenters. The molecule has 8 nitrogen and oxygen atoms in total. The molecular weight excluding hydrogens is 451 g/mol. The van der Waals surface area contributed by atoms with Crippen LogP contribution in [0.5, 0.6) is 0 Å². The lowest BCUT2D eigenvalue weighted by Crippen LogP contribution is -2.44. The lowest BCUT2D eigenvalue weighted by atomic mass is 10.1. The number of ether oxygens (including phenoxy) is 1. The number of carbonyl (C=O) groups excluding carboxylic acids is 2. The minimum atomic E-state index is -3.17. The fourth-order valence-electron chi connectivity index (χ4n) is 3.83. The number of aryl methyl sites for hydroxylation is 1. The van der Waals surface area contributed by atoms with E-state index in [1.165, 1.54) is 30.0 Å². The van der Waals surface area contributed by atoms with Gasteiger partial charge in [0.15, 0.2) is 16.4 Å². The number of halogens is 2. The van der Waals surface area contributed by atoms with Gasteiger partial charge in [-0.1, -0.05) is 22.8 Å². The Kier molecular flexibility index (Phi) is 5.78. The van der Waals surface area contributed by atoms with Gasteiger partial charge in [0.2, 0.25) is 0 Å². The van der Waals surface area contributed by atoms with E-state index < -0.39 is 40.2 Å². The third kappa shape index (κ3) is 4.45. The number of hydrogen-bond acceptors (Lipinski definition) is 7. The van der Waals surface area contributed by atoms with Crippen LogP contribution in [0.3, 0.4) is 0 Å². The number of rotatable bonds is 6. The van der Waals surface area contributed by atoms with Crippen molar-refractivity contribution in [2.75, 3.05) is 18.1 Å². The summed E-state index contributed by atoms with van der Waals surface area (Å²) in [7, 11) is -3.17. The number of aromatic nitrogens is 1. The number of carbonyl (C=O) groups is 2. The minimum absolute atomic E-state index is 0.0328.